The molecular formula is C26H34N2O3. The number of carbonyl (C=O) groups is 1. The van der Waals surface area contributed by atoms with Gasteiger partial charge in [0.15, 0.2) is 0 Å². The van der Waals surface area contributed by atoms with Gasteiger partial charge in [-0.25, -0.2) is 0 Å². The number of para-hydroxylation sites is 2. The quantitative estimate of drug-likeness (QED) is 0.767. The molecule has 2 aromatic carbocycles. The van der Waals surface area contributed by atoms with Crippen LogP contribution in [0.15, 0.2) is 48.5 Å². The van der Waals surface area contributed by atoms with Gasteiger partial charge in [0.2, 0.25) is 5.91 Å². The number of hydrogen-bond donors (Lipinski definition) is 1. The molecule has 0 aliphatic carbocycles. The first-order valence-electron chi connectivity index (χ1n) is 11.5. The van der Waals surface area contributed by atoms with Crippen molar-refractivity contribution >= 4 is 11.6 Å². The molecule has 166 valence electrons. The maximum atomic E-state index is 13.7. The van der Waals surface area contributed by atoms with Crippen molar-refractivity contribution in [2.75, 3.05) is 25.1 Å². The average molecular weight is 423 g/mol. The van der Waals surface area contributed by atoms with E-state index in [0.29, 0.717) is 38.8 Å². The van der Waals surface area contributed by atoms with Gasteiger partial charge in [-0.05, 0) is 42.9 Å². The molecule has 5 heteroatoms. The fraction of sp³-hybridized carbons (Fsp3) is 0.500. The van der Waals surface area contributed by atoms with E-state index in [1.165, 1.54) is 0 Å². The highest BCUT2D eigenvalue weighted by Crippen LogP contribution is 2.29. The Morgan fingerprint density at radius 3 is 2.55 bits per heavy atom. The third kappa shape index (κ3) is 5.40. The minimum absolute atomic E-state index is 0.0227. The summed E-state index contributed by atoms with van der Waals surface area (Å²) in [4.78, 5) is 15.8. The monoisotopic (exact) mass is 422 g/mol. The summed E-state index contributed by atoms with van der Waals surface area (Å²) in [6.45, 7) is 7.55. The van der Waals surface area contributed by atoms with E-state index in [1.807, 2.05) is 24.3 Å². The summed E-state index contributed by atoms with van der Waals surface area (Å²) in [5.74, 6) is 1.62. The van der Waals surface area contributed by atoms with Gasteiger partial charge in [0.25, 0.3) is 0 Å². The van der Waals surface area contributed by atoms with Gasteiger partial charge in [-0.1, -0.05) is 50.2 Å². The number of fused-ring (bicyclic) bond motifs is 2. The number of ether oxygens (including phenoxy) is 2. The number of nitrogens with one attached hydrogen (secondary N) is 1. The lowest BCUT2D eigenvalue weighted by Gasteiger charge is -2.36. The summed E-state index contributed by atoms with van der Waals surface area (Å²) in [6.07, 6.45) is 2.51. The first-order chi connectivity index (χ1) is 15.1. The lowest BCUT2D eigenvalue weighted by molar-refractivity contribution is -0.142. The Morgan fingerprint density at radius 2 is 1.77 bits per heavy atom. The fourth-order valence-electron chi connectivity index (χ4n) is 4.58. The maximum Gasteiger partial charge on any atom is 0.226 e. The van der Waals surface area contributed by atoms with Crippen LogP contribution < -0.4 is 10.1 Å². The predicted molar refractivity (Wildman–Crippen MR) is 123 cm³/mol. The molecule has 1 amide bonds. The van der Waals surface area contributed by atoms with E-state index < -0.39 is 0 Å². The van der Waals surface area contributed by atoms with Crippen molar-refractivity contribution in [3.05, 3.63) is 59.7 Å². The van der Waals surface area contributed by atoms with Crippen molar-refractivity contribution in [1.82, 2.24) is 4.90 Å². The van der Waals surface area contributed by atoms with Gasteiger partial charge in [-0.15, -0.1) is 0 Å². The first-order valence-corrected chi connectivity index (χ1v) is 11.5. The Balaban J connectivity index is 1.71. The van der Waals surface area contributed by atoms with Crippen molar-refractivity contribution in [2.24, 2.45) is 11.8 Å². The number of benzene rings is 2. The zero-order valence-corrected chi connectivity index (χ0v) is 18.7. The van der Waals surface area contributed by atoms with Gasteiger partial charge in [0.1, 0.15) is 12.4 Å². The van der Waals surface area contributed by atoms with Gasteiger partial charge >= 0.3 is 0 Å². The fourth-order valence-corrected chi connectivity index (χ4v) is 4.58. The lowest BCUT2D eigenvalue weighted by Crippen LogP contribution is -2.47. The third-order valence-electron chi connectivity index (χ3n) is 6.27. The normalized spacial score (nSPS) is 20.1. The molecule has 31 heavy (non-hydrogen) atoms. The second-order valence-corrected chi connectivity index (χ2v) is 9.07. The molecule has 1 saturated heterocycles. The Bertz CT molecular complexity index is 876. The van der Waals surface area contributed by atoms with Gasteiger partial charge in [-0.3, -0.25) is 4.79 Å². The van der Waals surface area contributed by atoms with Crippen LogP contribution in [0.2, 0.25) is 0 Å². The molecule has 0 unspecified atom stereocenters. The molecule has 1 N–H and O–H groups in total. The standard InChI is InChI=1S/C26H34N2O3/c1-19(2)15-23-18-31-25-10-6-4-7-21(25)16-27-24-9-5-3-8-22(24)17-28(23)26(29)20-11-13-30-14-12-20/h3-10,19-20,23,27H,11-18H2,1-2H3/t23-/m0/s1. The van der Waals surface area contributed by atoms with Crippen LogP contribution in [-0.4, -0.2) is 36.7 Å². The molecule has 2 aliphatic rings. The average Bonchev–Trinajstić information content (AvgIpc) is 2.82. The molecule has 0 spiro atoms. The van der Waals surface area contributed by atoms with Crippen LogP contribution in [0.25, 0.3) is 0 Å². The van der Waals surface area contributed by atoms with E-state index in [4.69, 9.17) is 9.47 Å². The zero-order chi connectivity index (χ0) is 21.6. The molecule has 5 nitrogen and oxygen atoms in total. The molecule has 0 bridgehead atoms. The minimum atomic E-state index is 0.0227. The Hall–Kier alpha value is -2.53. The van der Waals surface area contributed by atoms with Crippen LogP contribution in [0.4, 0.5) is 5.69 Å². The van der Waals surface area contributed by atoms with Gasteiger partial charge in [0, 0.05) is 43.5 Å². The van der Waals surface area contributed by atoms with Crippen LogP contribution in [0.3, 0.4) is 0 Å². The zero-order valence-electron chi connectivity index (χ0n) is 18.7. The summed E-state index contributed by atoms with van der Waals surface area (Å²) in [7, 11) is 0. The summed E-state index contributed by atoms with van der Waals surface area (Å²) < 4.78 is 11.9. The van der Waals surface area contributed by atoms with Crippen LogP contribution in [0, 0.1) is 11.8 Å². The predicted octanol–water partition coefficient (Wildman–Crippen LogP) is 4.86. The second kappa shape index (κ2) is 10.2. The van der Waals surface area contributed by atoms with Crippen molar-refractivity contribution in [2.45, 2.75) is 52.2 Å². The van der Waals surface area contributed by atoms with E-state index in [9.17, 15) is 4.79 Å². The van der Waals surface area contributed by atoms with Gasteiger partial charge in [-0.2, -0.15) is 0 Å². The number of hydrogen-bond acceptors (Lipinski definition) is 4. The van der Waals surface area contributed by atoms with Crippen molar-refractivity contribution < 1.29 is 14.3 Å². The molecule has 1 atom stereocenters. The largest absolute Gasteiger partial charge is 0.491 e. The number of nitrogens with zero attached hydrogens (tertiary/aromatic N) is 1. The number of amides is 1. The molecule has 4 rings (SSSR count). The van der Waals surface area contributed by atoms with Crippen LogP contribution >= 0.6 is 0 Å². The van der Waals surface area contributed by atoms with Crippen molar-refractivity contribution in [1.29, 1.82) is 0 Å². The first kappa shape index (κ1) is 21.7. The molecular weight excluding hydrogens is 388 g/mol. The SMILES string of the molecule is CC(C)C[C@H]1COc2ccccc2CNc2ccccc2CN1C(=O)C1CCOCC1. The van der Waals surface area contributed by atoms with E-state index in [-0.39, 0.29) is 17.9 Å². The number of anilines is 1. The molecule has 2 aliphatic heterocycles. The van der Waals surface area contributed by atoms with Gasteiger partial charge < -0.3 is 19.7 Å². The van der Waals surface area contributed by atoms with E-state index in [1.54, 1.807) is 0 Å². The van der Waals surface area contributed by atoms with Crippen LogP contribution in [0.1, 0.15) is 44.2 Å². The van der Waals surface area contributed by atoms with Crippen LogP contribution in [-0.2, 0) is 22.6 Å². The Kier molecular flexibility index (Phi) is 7.13. The highest BCUT2D eigenvalue weighted by Gasteiger charge is 2.32. The highest BCUT2D eigenvalue weighted by molar-refractivity contribution is 5.79. The van der Waals surface area contributed by atoms with E-state index in [0.717, 1.165) is 41.8 Å². The minimum Gasteiger partial charge on any atom is -0.491 e. The van der Waals surface area contributed by atoms with E-state index in [2.05, 4.69) is 48.3 Å². The van der Waals surface area contributed by atoms with E-state index >= 15 is 0 Å². The smallest absolute Gasteiger partial charge is 0.226 e. The molecule has 2 heterocycles. The lowest BCUT2D eigenvalue weighted by atomic mass is 9.95. The molecule has 0 aromatic heterocycles. The molecule has 2 aromatic rings. The maximum absolute atomic E-state index is 13.7. The number of carbonyl (C=O) groups excluding carboxylic acids is 1. The summed E-state index contributed by atoms with van der Waals surface area (Å²) in [6, 6.07) is 16.5. The summed E-state index contributed by atoms with van der Waals surface area (Å²) >= 11 is 0. The Labute approximate surface area is 185 Å². The second-order valence-electron chi connectivity index (χ2n) is 9.07. The summed E-state index contributed by atoms with van der Waals surface area (Å²) in [5, 5.41) is 3.57. The molecule has 1 fully saturated rings. The summed E-state index contributed by atoms with van der Waals surface area (Å²) in [5.41, 5.74) is 3.35. The third-order valence-corrected chi connectivity index (χ3v) is 6.27. The van der Waals surface area contributed by atoms with Crippen molar-refractivity contribution in [3.63, 3.8) is 0 Å². The van der Waals surface area contributed by atoms with Crippen LogP contribution in [0.5, 0.6) is 5.75 Å². The highest BCUT2D eigenvalue weighted by atomic mass is 16.5. The molecule has 0 radical (unpaired) electrons. The molecule has 0 saturated carbocycles. The Morgan fingerprint density at radius 1 is 1.06 bits per heavy atom. The number of rotatable bonds is 3. The topological polar surface area (TPSA) is 50.8 Å². The van der Waals surface area contributed by atoms with Crippen molar-refractivity contribution in [3.8, 4) is 5.75 Å². The van der Waals surface area contributed by atoms with Gasteiger partial charge in [0.05, 0.1) is 6.04 Å².